The van der Waals surface area contributed by atoms with Crippen LogP contribution in [0.5, 0.6) is 0 Å². The maximum absolute atomic E-state index is 15.1. The average molecular weight is 522 g/mol. The molecule has 2 aliphatic heterocycles. The smallest absolute Gasteiger partial charge is 0.374 e. The number of nitrogens with zero attached hydrogens (tertiary/aromatic N) is 2. The second-order valence-electron chi connectivity index (χ2n) is 8.12. The van der Waals surface area contributed by atoms with Crippen molar-refractivity contribution >= 4 is 34.9 Å². The van der Waals surface area contributed by atoms with Gasteiger partial charge in [-0.25, -0.2) is 13.6 Å². The third-order valence-electron chi connectivity index (χ3n) is 5.87. The van der Waals surface area contributed by atoms with Gasteiger partial charge in [0.05, 0.1) is 28.8 Å². The van der Waals surface area contributed by atoms with E-state index in [1.54, 1.807) is 6.92 Å². The van der Waals surface area contributed by atoms with Crippen LogP contribution in [0.3, 0.4) is 0 Å². The molecule has 0 aromatic heterocycles. The molecule has 0 spiro atoms. The van der Waals surface area contributed by atoms with E-state index in [9.17, 15) is 22.4 Å². The molecule has 0 saturated carbocycles. The maximum atomic E-state index is 15.1. The van der Waals surface area contributed by atoms with Crippen molar-refractivity contribution in [2.45, 2.75) is 30.8 Å². The number of hydrogen-bond acceptors (Lipinski definition) is 3. The van der Waals surface area contributed by atoms with E-state index < -0.39 is 45.3 Å². The lowest BCUT2D eigenvalue weighted by molar-refractivity contribution is -0.275. The number of alkyl halides is 4. The lowest BCUT2D eigenvalue weighted by Crippen LogP contribution is -2.61. The summed E-state index contributed by atoms with van der Waals surface area (Å²) in [5.74, 6) is -1.04. The molecule has 0 bridgehead atoms. The summed E-state index contributed by atoms with van der Waals surface area (Å²) in [7, 11) is 0. The summed E-state index contributed by atoms with van der Waals surface area (Å²) < 4.78 is 71.3. The Morgan fingerprint density at radius 3 is 2.26 bits per heavy atom. The van der Waals surface area contributed by atoms with Crippen LogP contribution < -0.4 is 5.32 Å². The number of amides is 2. The number of carbonyl (C=O) groups excluding carboxylic acids is 1. The number of benzene rings is 2. The molecule has 2 aromatic carbocycles. The first-order valence-electron chi connectivity index (χ1n) is 10.2. The van der Waals surface area contributed by atoms with E-state index in [1.807, 2.05) is 0 Å². The van der Waals surface area contributed by atoms with Crippen LogP contribution in [-0.4, -0.2) is 42.5 Å². The normalized spacial score (nSPS) is 21.5. The molecule has 1 fully saturated rings. The highest BCUT2D eigenvalue weighted by Gasteiger charge is 2.62. The van der Waals surface area contributed by atoms with Crippen LogP contribution in [0.15, 0.2) is 41.6 Å². The molecule has 0 radical (unpaired) electrons. The number of hydrogen-bond donors (Lipinski definition) is 1. The first kappa shape index (κ1) is 24.5. The molecule has 2 amide bonds. The highest BCUT2D eigenvalue weighted by molar-refractivity contribution is 6.35. The SMILES string of the molecule is CCNC(=O)N1CC(F)(c2ccc(C3=NOC(c4cc(Cl)c(F)c(Cl)c4)(C(F)(F)F)C3)cc2)C1. The first-order valence-corrected chi connectivity index (χ1v) is 11.0. The molecule has 4 rings (SSSR count). The molecular formula is C22H18Cl2F5N3O2. The van der Waals surface area contributed by atoms with Crippen molar-refractivity contribution in [1.29, 1.82) is 0 Å². The number of halogens is 7. The summed E-state index contributed by atoms with van der Waals surface area (Å²) in [4.78, 5) is 18.0. The number of carbonyl (C=O) groups is 1. The van der Waals surface area contributed by atoms with Gasteiger partial charge in [-0.1, -0.05) is 52.6 Å². The largest absolute Gasteiger partial charge is 0.435 e. The summed E-state index contributed by atoms with van der Waals surface area (Å²) in [6.45, 7) is 1.90. The molecule has 5 nitrogen and oxygen atoms in total. The van der Waals surface area contributed by atoms with Crippen LogP contribution in [0.1, 0.15) is 30.0 Å². The van der Waals surface area contributed by atoms with Gasteiger partial charge in [-0.15, -0.1) is 0 Å². The molecule has 1 saturated heterocycles. The van der Waals surface area contributed by atoms with Gasteiger partial charge in [0, 0.05) is 18.5 Å². The zero-order chi connectivity index (χ0) is 24.9. The molecule has 2 heterocycles. The molecule has 12 heteroatoms. The van der Waals surface area contributed by atoms with E-state index in [0.717, 1.165) is 12.1 Å². The van der Waals surface area contributed by atoms with Crippen LogP contribution in [0.25, 0.3) is 0 Å². The summed E-state index contributed by atoms with van der Waals surface area (Å²) in [5, 5.41) is 5.05. The lowest BCUT2D eigenvalue weighted by Gasteiger charge is -2.44. The molecular weight excluding hydrogens is 504 g/mol. The minimum absolute atomic E-state index is 0.0362. The van der Waals surface area contributed by atoms with Crippen LogP contribution in [-0.2, 0) is 16.1 Å². The van der Waals surface area contributed by atoms with Crippen LogP contribution in [0.2, 0.25) is 10.0 Å². The quantitative estimate of drug-likeness (QED) is 0.400. The maximum Gasteiger partial charge on any atom is 0.435 e. The Balaban J connectivity index is 1.55. The Morgan fingerprint density at radius 2 is 1.74 bits per heavy atom. The predicted octanol–water partition coefficient (Wildman–Crippen LogP) is 5.92. The average Bonchev–Trinajstić information content (AvgIpc) is 3.22. The Labute approximate surface area is 201 Å². The molecule has 2 aromatic rings. The Bertz CT molecular complexity index is 1130. The molecule has 0 aliphatic carbocycles. The second kappa shape index (κ2) is 8.57. The van der Waals surface area contributed by atoms with Crippen molar-refractivity contribution in [3.05, 3.63) is 69.0 Å². The molecule has 1 N–H and O–H groups in total. The van der Waals surface area contributed by atoms with Crippen LogP contribution >= 0.6 is 23.2 Å². The summed E-state index contributed by atoms with van der Waals surface area (Å²) in [5.41, 5.74) is -4.62. The van der Waals surface area contributed by atoms with Crippen molar-refractivity contribution < 1.29 is 31.6 Å². The standard InChI is InChI=1S/C22H18Cl2F5N3O2/c1-2-30-19(33)32-10-20(26,11-32)13-5-3-12(4-6-13)17-9-21(34-31-17,22(27,28)29)14-7-15(23)18(25)16(24)8-14/h3-8H,2,9-11H2,1H3,(H,30,33). The van der Waals surface area contributed by atoms with E-state index >= 15 is 4.39 Å². The van der Waals surface area contributed by atoms with E-state index in [0.29, 0.717) is 6.54 Å². The van der Waals surface area contributed by atoms with Gasteiger partial charge in [-0.3, -0.25) is 0 Å². The van der Waals surface area contributed by atoms with Gasteiger partial charge in [-0.05, 0) is 30.2 Å². The molecule has 182 valence electrons. The fraction of sp³-hybridized carbons (Fsp3) is 0.364. The molecule has 34 heavy (non-hydrogen) atoms. The topological polar surface area (TPSA) is 53.9 Å². The fourth-order valence-corrected chi connectivity index (χ4v) is 4.44. The highest BCUT2D eigenvalue weighted by atomic mass is 35.5. The van der Waals surface area contributed by atoms with Crippen molar-refractivity contribution in [3.63, 3.8) is 0 Å². The van der Waals surface area contributed by atoms with Gasteiger partial charge in [0.15, 0.2) is 11.5 Å². The van der Waals surface area contributed by atoms with Crippen LogP contribution in [0, 0.1) is 5.82 Å². The third kappa shape index (κ3) is 4.07. The van der Waals surface area contributed by atoms with Crippen LogP contribution in [0.4, 0.5) is 26.7 Å². The molecule has 1 atom stereocenters. The lowest BCUT2D eigenvalue weighted by atomic mass is 9.85. The minimum atomic E-state index is -4.93. The van der Waals surface area contributed by atoms with Gasteiger partial charge in [0.2, 0.25) is 0 Å². The van der Waals surface area contributed by atoms with Crippen molar-refractivity contribution in [1.82, 2.24) is 10.2 Å². The Hall–Kier alpha value is -2.59. The fourth-order valence-electron chi connectivity index (χ4n) is 3.96. The number of urea groups is 1. The number of oxime groups is 1. The predicted molar refractivity (Wildman–Crippen MR) is 116 cm³/mol. The summed E-state index contributed by atoms with van der Waals surface area (Å²) in [6.07, 6.45) is -5.65. The second-order valence-corrected chi connectivity index (χ2v) is 8.93. The van der Waals surface area contributed by atoms with Crippen molar-refractivity contribution in [2.75, 3.05) is 19.6 Å². The minimum Gasteiger partial charge on any atom is -0.374 e. The van der Waals surface area contributed by atoms with Gasteiger partial charge in [0.1, 0.15) is 0 Å². The highest BCUT2D eigenvalue weighted by Crippen LogP contribution is 2.50. The van der Waals surface area contributed by atoms with Gasteiger partial charge < -0.3 is 15.1 Å². The van der Waals surface area contributed by atoms with Gasteiger partial charge in [0.25, 0.3) is 5.60 Å². The van der Waals surface area contributed by atoms with Crippen molar-refractivity contribution in [3.8, 4) is 0 Å². The monoisotopic (exact) mass is 521 g/mol. The number of likely N-dealkylation sites (tertiary alicyclic amines) is 1. The summed E-state index contributed by atoms with van der Waals surface area (Å²) in [6, 6.07) is 6.99. The third-order valence-corrected chi connectivity index (χ3v) is 6.42. The molecule has 2 aliphatic rings. The Morgan fingerprint density at radius 1 is 1.15 bits per heavy atom. The van der Waals surface area contributed by atoms with E-state index in [1.165, 1.54) is 29.2 Å². The van der Waals surface area contributed by atoms with Gasteiger partial charge >= 0.3 is 12.2 Å². The van der Waals surface area contributed by atoms with E-state index in [2.05, 4.69) is 10.5 Å². The van der Waals surface area contributed by atoms with Crippen molar-refractivity contribution in [2.24, 2.45) is 5.16 Å². The summed E-state index contributed by atoms with van der Waals surface area (Å²) >= 11 is 11.4. The molecule has 1 unspecified atom stereocenters. The van der Waals surface area contributed by atoms with E-state index in [4.69, 9.17) is 28.0 Å². The van der Waals surface area contributed by atoms with Gasteiger partial charge in [-0.2, -0.15) is 13.2 Å². The van der Waals surface area contributed by atoms with E-state index in [-0.39, 0.29) is 36.0 Å². The Kier molecular flexibility index (Phi) is 6.18. The number of nitrogens with one attached hydrogen (secondary N) is 1. The number of rotatable bonds is 4. The zero-order valence-corrected chi connectivity index (χ0v) is 19.2. The first-order chi connectivity index (χ1) is 15.9. The zero-order valence-electron chi connectivity index (χ0n) is 17.6.